The highest BCUT2D eigenvalue weighted by Crippen LogP contribution is 2.45. The average Bonchev–Trinajstić information content (AvgIpc) is 1.21. The van der Waals surface area contributed by atoms with Gasteiger partial charge in [-0.2, -0.15) is 0 Å². The zero-order valence-corrected chi connectivity index (χ0v) is 6.07. The molecule has 0 radical (unpaired) electrons. The molecule has 8 heteroatoms. The smallest absolute Gasteiger partial charge is 0.322 e. The first kappa shape index (κ1) is 8.59. The van der Waals surface area contributed by atoms with Crippen molar-refractivity contribution in [2.45, 2.75) is 0 Å². The molecular weight excluding hydrogens is 174 g/mol. The van der Waals surface area contributed by atoms with Crippen LogP contribution in [0.4, 0.5) is 0 Å². The molecule has 5 nitrogen and oxygen atoms in total. The Morgan fingerprint density at radius 2 is 2.00 bits per heavy atom. The molecule has 0 fully saturated rings. The summed E-state index contributed by atoms with van der Waals surface area (Å²) in [6.45, 7) is -3.92. The van der Waals surface area contributed by atoms with Crippen molar-refractivity contribution in [3.8, 4) is 0 Å². The molecule has 8 heavy (non-hydrogen) atoms. The minimum Gasteiger partial charge on any atom is -0.322 e. The summed E-state index contributed by atoms with van der Waals surface area (Å²) in [5.74, 6) is 0. The topological polar surface area (TPSA) is 87.0 Å². The second kappa shape index (κ2) is 2.94. The molecule has 0 aromatic rings. The van der Waals surface area contributed by atoms with Crippen molar-refractivity contribution < 1.29 is 23.6 Å². The van der Waals surface area contributed by atoms with E-state index in [0.29, 0.717) is 0 Å². The zero-order valence-electron chi connectivity index (χ0n) is 3.46. The maximum atomic E-state index is 9.58. The fourth-order valence-corrected chi connectivity index (χ4v) is 1.33. The van der Waals surface area contributed by atoms with Crippen molar-refractivity contribution in [3.05, 3.63) is 0 Å². The SMILES string of the molecule is O=[P+](O)OP(O)(O)=S. The van der Waals surface area contributed by atoms with Crippen molar-refractivity contribution in [2.75, 3.05) is 0 Å². The average molecular weight is 177 g/mol. The first-order valence-electron chi connectivity index (χ1n) is 1.33. The maximum Gasteiger partial charge on any atom is 0.703 e. The Morgan fingerprint density at radius 1 is 1.62 bits per heavy atom. The number of hydrogen-bond donors (Lipinski definition) is 3. The van der Waals surface area contributed by atoms with Gasteiger partial charge in [0.15, 0.2) is 0 Å². The van der Waals surface area contributed by atoms with E-state index >= 15 is 0 Å². The molecule has 0 aliphatic carbocycles. The van der Waals surface area contributed by atoms with Gasteiger partial charge in [0.05, 0.1) is 0 Å². The molecule has 48 valence electrons. The van der Waals surface area contributed by atoms with Gasteiger partial charge in [0.25, 0.3) is 0 Å². The molecule has 1 atom stereocenters. The summed E-state index contributed by atoms with van der Waals surface area (Å²) in [7, 11) is -2.99. The summed E-state index contributed by atoms with van der Waals surface area (Å²) in [5, 5.41) is 0. The normalized spacial score (nSPS) is 13.6. The minimum atomic E-state index is -3.92. The van der Waals surface area contributed by atoms with Gasteiger partial charge in [0.1, 0.15) is 0 Å². The molecule has 3 N–H and O–H groups in total. The van der Waals surface area contributed by atoms with E-state index < -0.39 is 15.0 Å². The molecule has 0 heterocycles. The van der Waals surface area contributed by atoms with Gasteiger partial charge < -0.3 is 9.79 Å². The largest absolute Gasteiger partial charge is 0.703 e. The van der Waals surface area contributed by atoms with Crippen LogP contribution in [0.25, 0.3) is 0 Å². The third kappa shape index (κ3) is 6.59. The van der Waals surface area contributed by atoms with E-state index in [2.05, 4.69) is 16.1 Å². The Kier molecular flexibility index (Phi) is 3.16. The van der Waals surface area contributed by atoms with E-state index in [1.165, 1.54) is 0 Å². The van der Waals surface area contributed by atoms with Crippen LogP contribution in [0.1, 0.15) is 0 Å². The second-order valence-corrected chi connectivity index (χ2v) is 4.35. The molecule has 0 bridgehead atoms. The highest BCUT2D eigenvalue weighted by molar-refractivity contribution is 8.07. The van der Waals surface area contributed by atoms with Crippen LogP contribution in [0.5, 0.6) is 0 Å². The molecule has 0 amide bonds. The number of rotatable bonds is 2. The summed E-state index contributed by atoms with van der Waals surface area (Å²) in [6, 6.07) is 0. The van der Waals surface area contributed by atoms with Crippen LogP contribution in [-0.4, -0.2) is 14.7 Å². The van der Waals surface area contributed by atoms with Gasteiger partial charge in [0, 0.05) is 4.57 Å². The van der Waals surface area contributed by atoms with Gasteiger partial charge in [0.2, 0.25) is 0 Å². The van der Waals surface area contributed by atoms with Gasteiger partial charge in [-0.05, 0) is 16.1 Å². The predicted octanol–water partition coefficient (Wildman–Crippen LogP) is -0.138. The quantitative estimate of drug-likeness (QED) is 0.509. The number of hydrogen-bond acceptors (Lipinski definition) is 3. The summed E-state index contributed by atoms with van der Waals surface area (Å²) in [5.41, 5.74) is 0. The Labute approximate surface area is 51.1 Å². The lowest BCUT2D eigenvalue weighted by Crippen LogP contribution is -1.74. The van der Waals surface area contributed by atoms with Crippen LogP contribution in [-0.2, 0) is 20.7 Å². The van der Waals surface area contributed by atoms with E-state index in [1.807, 2.05) is 0 Å². The fourth-order valence-electron chi connectivity index (χ4n) is 0.0910. The summed E-state index contributed by atoms with van der Waals surface area (Å²) < 4.78 is 13.1. The fraction of sp³-hybridized carbons (Fsp3) is 0. The van der Waals surface area contributed by atoms with E-state index in [4.69, 9.17) is 14.7 Å². The molecule has 0 rings (SSSR count). The summed E-state index contributed by atoms with van der Waals surface area (Å²) in [4.78, 5) is 24.0. The van der Waals surface area contributed by atoms with E-state index in [0.717, 1.165) is 0 Å². The first-order valence-corrected chi connectivity index (χ1v) is 5.09. The molecule has 0 aromatic heterocycles. The molecule has 0 aliphatic heterocycles. The first-order chi connectivity index (χ1) is 3.42. The minimum absolute atomic E-state index is 2.99. The van der Waals surface area contributed by atoms with E-state index in [1.54, 1.807) is 0 Å². The maximum absolute atomic E-state index is 9.58. The monoisotopic (exact) mass is 177 g/mol. The van der Waals surface area contributed by atoms with Crippen LogP contribution in [0, 0.1) is 0 Å². The van der Waals surface area contributed by atoms with Crippen molar-refractivity contribution in [1.29, 1.82) is 0 Å². The molecule has 0 saturated heterocycles. The third-order valence-corrected chi connectivity index (χ3v) is 2.19. The van der Waals surface area contributed by atoms with E-state index in [9.17, 15) is 4.57 Å². The lowest BCUT2D eigenvalue weighted by Gasteiger charge is -1.91. The van der Waals surface area contributed by atoms with Crippen molar-refractivity contribution >= 4 is 26.8 Å². The van der Waals surface area contributed by atoms with Crippen molar-refractivity contribution in [1.82, 2.24) is 0 Å². The molecule has 0 saturated carbocycles. The standard InChI is InChI=1S/H2O5P2S/c1-6(2)5-7(3,4)8/h(H2-,1,2,3,4,8)/p+1. The lowest BCUT2D eigenvalue weighted by atomic mass is 15.8. The van der Waals surface area contributed by atoms with Crippen molar-refractivity contribution in [2.24, 2.45) is 0 Å². The van der Waals surface area contributed by atoms with Crippen LogP contribution >= 0.6 is 15.0 Å². The Morgan fingerprint density at radius 3 is 2.00 bits per heavy atom. The Balaban J connectivity index is 3.74. The molecule has 0 aromatic carbocycles. The highest BCUT2D eigenvalue weighted by Gasteiger charge is 2.25. The lowest BCUT2D eigenvalue weighted by molar-refractivity contribution is 0.343. The third-order valence-electron chi connectivity index (χ3n) is 0.176. The summed E-state index contributed by atoms with van der Waals surface area (Å²) in [6.07, 6.45) is 0. The zero-order chi connectivity index (χ0) is 6.78. The predicted molar refractivity (Wildman–Crippen MR) is 29.6 cm³/mol. The highest BCUT2D eigenvalue weighted by atomic mass is 32.5. The second-order valence-electron chi connectivity index (χ2n) is 0.810. The van der Waals surface area contributed by atoms with Gasteiger partial charge in [-0.1, -0.05) is 0 Å². The Bertz CT molecular complexity index is 133. The van der Waals surface area contributed by atoms with E-state index in [-0.39, 0.29) is 0 Å². The van der Waals surface area contributed by atoms with Crippen LogP contribution in [0.3, 0.4) is 0 Å². The van der Waals surface area contributed by atoms with Crippen LogP contribution < -0.4 is 0 Å². The van der Waals surface area contributed by atoms with Gasteiger partial charge >= 0.3 is 15.0 Å². The molecule has 0 aliphatic rings. The summed E-state index contributed by atoms with van der Waals surface area (Å²) >= 11 is 3.82. The van der Waals surface area contributed by atoms with Crippen LogP contribution in [0.15, 0.2) is 0 Å². The molecular formula is H3O5P2S+. The van der Waals surface area contributed by atoms with Gasteiger partial charge in [-0.25, -0.2) is 0 Å². The van der Waals surface area contributed by atoms with Gasteiger partial charge in [-0.15, -0.1) is 4.89 Å². The van der Waals surface area contributed by atoms with Crippen molar-refractivity contribution in [3.63, 3.8) is 0 Å². The molecule has 0 spiro atoms. The van der Waals surface area contributed by atoms with Crippen LogP contribution in [0.2, 0.25) is 0 Å². The molecule has 1 unspecified atom stereocenters. The Hall–Kier alpha value is 0.590. The van der Waals surface area contributed by atoms with Gasteiger partial charge in [-0.3, -0.25) is 0 Å².